The summed E-state index contributed by atoms with van der Waals surface area (Å²) in [6.07, 6.45) is 4.31. The summed E-state index contributed by atoms with van der Waals surface area (Å²) in [4.78, 5) is 12.9. The molecule has 1 atom stereocenters. The topological polar surface area (TPSA) is 66.5 Å². The Bertz CT molecular complexity index is 906. The second-order valence-corrected chi connectivity index (χ2v) is 9.75. The summed E-state index contributed by atoms with van der Waals surface area (Å²) in [5, 5.41) is 2.95. The van der Waals surface area contributed by atoms with E-state index >= 15 is 0 Å². The highest BCUT2D eigenvalue weighted by molar-refractivity contribution is 7.92. The van der Waals surface area contributed by atoms with Crippen LogP contribution in [0.4, 0.5) is 5.69 Å². The first-order valence-electron chi connectivity index (χ1n) is 10.7. The molecule has 0 saturated heterocycles. The average molecular weight is 431 g/mol. The highest BCUT2D eigenvalue weighted by Crippen LogP contribution is 2.25. The average Bonchev–Trinajstić information content (AvgIpc) is 2.72. The first-order chi connectivity index (χ1) is 14.3. The fourth-order valence-corrected chi connectivity index (χ4v) is 4.94. The Morgan fingerprint density at radius 3 is 2.23 bits per heavy atom. The third-order valence-electron chi connectivity index (χ3n) is 5.24. The Morgan fingerprint density at radius 2 is 1.67 bits per heavy atom. The standard InChI is InChI=1S/C24H34N2O3S/c1-5-7-11-21(6-2)17-25-24(27)18-26(22-15-19(3)14-20(4)16-22)30(28,29)23-12-9-8-10-13-23/h8-10,12-16,21H,5-7,11,17-18H2,1-4H3,(H,25,27)/t21-/m0/s1. The number of sulfonamides is 1. The molecule has 164 valence electrons. The molecule has 0 radical (unpaired) electrons. The molecule has 6 heteroatoms. The highest BCUT2D eigenvalue weighted by atomic mass is 32.2. The van der Waals surface area contributed by atoms with E-state index in [-0.39, 0.29) is 17.3 Å². The van der Waals surface area contributed by atoms with Gasteiger partial charge in [-0.3, -0.25) is 9.10 Å². The number of amides is 1. The normalized spacial score (nSPS) is 12.4. The van der Waals surface area contributed by atoms with Crippen molar-refractivity contribution in [2.45, 2.75) is 58.3 Å². The molecule has 2 aromatic carbocycles. The summed E-state index contributed by atoms with van der Waals surface area (Å²) in [6, 6.07) is 13.8. The van der Waals surface area contributed by atoms with E-state index < -0.39 is 10.0 Å². The van der Waals surface area contributed by atoms with Crippen molar-refractivity contribution in [3.05, 3.63) is 59.7 Å². The Morgan fingerprint density at radius 1 is 1.03 bits per heavy atom. The number of nitrogens with zero attached hydrogens (tertiary/aromatic N) is 1. The second kappa shape index (κ2) is 11.2. The molecular weight excluding hydrogens is 396 g/mol. The molecule has 5 nitrogen and oxygen atoms in total. The fraction of sp³-hybridized carbons (Fsp3) is 0.458. The molecule has 0 spiro atoms. The molecule has 1 amide bonds. The van der Waals surface area contributed by atoms with Crippen LogP contribution < -0.4 is 9.62 Å². The van der Waals surface area contributed by atoms with Gasteiger partial charge >= 0.3 is 0 Å². The van der Waals surface area contributed by atoms with Gasteiger partial charge in [-0.2, -0.15) is 0 Å². The number of rotatable bonds is 11. The monoisotopic (exact) mass is 430 g/mol. The van der Waals surface area contributed by atoms with Crippen LogP contribution in [0, 0.1) is 19.8 Å². The molecule has 2 rings (SSSR count). The first kappa shape index (κ1) is 23.9. The molecular formula is C24H34N2O3S. The number of carbonyl (C=O) groups excluding carboxylic acids is 1. The summed E-state index contributed by atoms with van der Waals surface area (Å²) < 4.78 is 28.0. The molecule has 0 unspecified atom stereocenters. The van der Waals surface area contributed by atoms with Crippen LogP contribution in [0.15, 0.2) is 53.4 Å². The van der Waals surface area contributed by atoms with Crippen LogP contribution in [-0.4, -0.2) is 27.4 Å². The molecule has 0 aliphatic rings. The van der Waals surface area contributed by atoms with Crippen molar-refractivity contribution in [1.82, 2.24) is 5.32 Å². The number of unbranched alkanes of at least 4 members (excludes halogenated alkanes) is 1. The Labute approximate surface area is 181 Å². The first-order valence-corrected chi connectivity index (χ1v) is 12.1. The van der Waals surface area contributed by atoms with Crippen LogP contribution in [0.2, 0.25) is 0 Å². The van der Waals surface area contributed by atoms with Crippen molar-refractivity contribution < 1.29 is 13.2 Å². The van der Waals surface area contributed by atoms with Gasteiger partial charge in [0.25, 0.3) is 10.0 Å². The zero-order chi connectivity index (χ0) is 22.1. The summed E-state index contributed by atoms with van der Waals surface area (Å²) in [5.41, 5.74) is 2.40. The molecule has 0 saturated carbocycles. The minimum atomic E-state index is -3.87. The minimum absolute atomic E-state index is 0.173. The molecule has 0 aromatic heterocycles. The SMILES string of the molecule is CCCC[C@H](CC)CNC(=O)CN(c1cc(C)cc(C)c1)S(=O)(=O)c1ccccc1. The Hall–Kier alpha value is -2.34. The zero-order valence-corrected chi connectivity index (χ0v) is 19.3. The highest BCUT2D eigenvalue weighted by Gasteiger charge is 2.27. The maximum atomic E-state index is 13.4. The van der Waals surface area contributed by atoms with E-state index in [1.54, 1.807) is 42.5 Å². The predicted octanol–water partition coefficient (Wildman–Crippen LogP) is 4.83. The molecule has 0 bridgehead atoms. The lowest BCUT2D eigenvalue weighted by atomic mass is 9.99. The van der Waals surface area contributed by atoms with Crippen LogP contribution in [-0.2, 0) is 14.8 Å². The number of carbonyl (C=O) groups is 1. The Balaban J connectivity index is 2.27. The molecule has 0 aliphatic heterocycles. The van der Waals surface area contributed by atoms with Crippen LogP contribution in [0.25, 0.3) is 0 Å². The largest absolute Gasteiger partial charge is 0.354 e. The van der Waals surface area contributed by atoms with Gasteiger partial charge in [-0.15, -0.1) is 0 Å². The van der Waals surface area contributed by atoms with Crippen LogP contribution in [0.5, 0.6) is 0 Å². The third kappa shape index (κ3) is 6.59. The molecule has 30 heavy (non-hydrogen) atoms. The van der Waals surface area contributed by atoms with E-state index in [1.807, 2.05) is 19.9 Å². The number of anilines is 1. The van der Waals surface area contributed by atoms with Crippen LogP contribution in [0.1, 0.15) is 50.7 Å². The van der Waals surface area contributed by atoms with E-state index in [0.717, 1.165) is 36.8 Å². The minimum Gasteiger partial charge on any atom is -0.354 e. The van der Waals surface area contributed by atoms with Crippen molar-refractivity contribution >= 4 is 21.6 Å². The second-order valence-electron chi connectivity index (χ2n) is 7.89. The number of hydrogen-bond donors (Lipinski definition) is 1. The van der Waals surface area contributed by atoms with Crippen LogP contribution >= 0.6 is 0 Å². The lowest BCUT2D eigenvalue weighted by Gasteiger charge is -2.25. The van der Waals surface area contributed by atoms with Gasteiger partial charge in [0.15, 0.2) is 0 Å². The molecule has 2 aromatic rings. The van der Waals surface area contributed by atoms with E-state index in [4.69, 9.17) is 0 Å². The van der Waals surface area contributed by atoms with Gasteiger partial charge in [-0.25, -0.2) is 8.42 Å². The Kier molecular flexibility index (Phi) is 8.90. The summed E-state index contributed by atoms with van der Waals surface area (Å²) in [5.74, 6) is 0.123. The lowest BCUT2D eigenvalue weighted by molar-refractivity contribution is -0.119. The molecule has 0 aliphatic carbocycles. The van der Waals surface area contributed by atoms with E-state index in [0.29, 0.717) is 18.2 Å². The van der Waals surface area contributed by atoms with Gasteiger partial charge in [-0.05, 0) is 61.6 Å². The zero-order valence-electron chi connectivity index (χ0n) is 18.5. The number of benzene rings is 2. The maximum Gasteiger partial charge on any atom is 0.264 e. The lowest BCUT2D eigenvalue weighted by Crippen LogP contribution is -2.42. The predicted molar refractivity (Wildman–Crippen MR) is 123 cm³/mol. The van der Waals surface area contributed by atoms with E-state index in [2.05, 4.69) is 19.2 Å². The quantitative estimate of drug-likeness (QED) is 0.555. The maximum absolute atomic E-state index is 13.4. The summed E-state index contributed by atoms with van der Waals surface area (Å²) in [6.45, 7) is 8.44. The van der Waals surface area contributed by atoms with Crippen molar-refractivity contribution in [3.8, 4) is 0 Å². The number of nitrogens with one attached hydrogen (secondary N) is 1. The summed E-state index contributed by atoms with van der Waals surface area (Å²) in [7, 11) is -3.87. The number of hydrogen-bond acceptors (Lipinski definition) is 3. The summed E-state index contributed by atoms with van der Waals surface area (Å²) >= 11 is 0. The van der Waals surface area contributed by atoms with Gasteiger partial charge in [0, 0.05) is 6.54 Å². The van der Waals surface area contributed by atoms with Crippen molar-refractivity contribution in [2.24, 2.45) is 5.92 Å². The molecule has 0 fully saturated rings. The number of aryl methyl sites for hydroxylation is 2. The van der Waals surface area contributed by atoms with Gasteiger partial charge in [0.1, 0.15) is 6.54 Å². The molecule has 0 heterocycles. The smallest absolute Gasteiger partial charge is 0.264 e. The van der Waals surface area contributed by atoms with Gasteiger partial charge in [0.2, 0.25) is 5.91 Å². The van der Waals surface area contributed by atoms with Gasteiger partial charge in [0.05, 0.1) is 10.6 Å². The van der Waals surface area contributed by atoms with Crippen molar-refractivity contribution in [3.63, 3.8) is 0 Å². The third-order valence-corrected chi connectivity index (χ3v) is 7.03. The van der Waals surface area contributed by atoms with Gasteiger partial charge < -0.3 is 5.32 Å². The fourth-order valence-electron chi connectivity index (χ4n) is 3.52. The van der Waals surface area contributed by atoms with E-state index in [1.165, 1.54) is 4.31 Å². The van der Waals surface area contributed by atoms with E-state index in [9.17, 15) is 13.2 Å². The molecule has 1 N–H and O–H groups in total. The van der Waals surface area contributed by atoms with Crippen molar-refractivity contribution in [1.29, 1.82) is 0 Å². The van der Waals surface area contributed by atoms with Gasteiger partial charge in [-0.1, -0.05) is 57.4 Å². The van der Waals surface area contributed by atoms with Crippen LogP contribution in [0.3, 0.4) is 0 Å². The van der Waals surface area contributed by atoms with Crippen molar-refractivity contribution in [2.75, 3.05) is 17.4 Å².